The van der Waals surface area contributed by atoms with Gasteiger partial charge in [-0.05, 0) is 55.7 Å². The lowest BCUT2D eigenvalue weighted by molar-refractivity contribution is 0.176. The van der Waals surface area contributed by atoms with E-state index >= 15 is 0 Å². The molecule has 1 aliphatic heterocycles. The van der Waals surface area contributed by atoms with E-state index in [0.717, 1.165) is 15.9 Å². The van der Waals surface area contributed by atoms with Crippen LogP contribution >= 0.6 is 15.9 Å². The number of rotatable bonds is 1. The minimum absolute atomic E-state index is 0.0389. The molecule has 0 fully saturated rings. The zero-order chi connectivity index (χ0) is 14.3. The molecule has 3 rings (SSSR count). The quantitative estimate of drug-likeness (QED) is 0.793. The molecule has 2 aromatic rings. The second-order valence-electron chi connectivity index (χ2n) is 5.48. The Kier molecular flexibility index (Phi) is 3.47. The molecule has 0 aliphatic carbocycles. The molecule has 0 saturated carbocycles. The highest BCUT2D eigenvalue weighted by atomic mass is 79.9. The van der Waals surface area contributed by atoms with Gasteiger partial charge in [0.25, 0.3) is 0 Å². The minimum Gasteiger partial charge on any atom is -0.481 e. The van der Waals surface area contributed by atoms with Gasteiger partial charge in [0.1, 0.15) is 11.9 Å². The van der Waals surface area contributed by atoms with E-state index in [1.54, 1.807) is 0 Å². The first-order chi connectivity index (χ1) is 9.54. The van der Waals surface area contributed by atoms with Gasteiger partial charge in [-0.25, -0.2) is 0 Å². The van der Waals surface area contributed by atoms with E-state index < -0.39 is 0 Å². The summed E-state index contributed by atoms with van der Waals surface area (Å²) < 4.78 is 7.37. The van der Waals surface area contributed by atoms with Crippen LogP contribution in [0.15, 0.2) is 40.9 Å². The normalized spacial score (nSPS) is 20.8. The van der Waals surface area contributed by atoms with E-state index in [1.807, 2.05) is 0 Å². The number of halogens is 1. The molecule has 20 heavy (non-hydrogen) atoms. The average molecular weight is 332 g/mol. The molecule has 2 aromatic carbocycles. The number of fused-ring (bicyclic) bond motifs is 1. The lowest BCUT2D eigenvalue weighted by Crippen LogP contribution is -2.33. The molecule has 2 unspecified atom stereocenters. The summed E-state index contributed by atoms with van der Waals surface area (Å²) in [4.78, 5) is 0. The number of anilines is 1. The van der Waals surface area contributed by atoms with Crippen LogP contribution in [0.25, 0.3) is 0 Å². The molecule has 1 N–H and O–H groups in total. The first kappa shape index (κ1) is 13.5. The molecular weight excluding hydrogens is 314 g/mol. The summed E-state index contributed by atoms with van der Waals surface area (Å²) in [5.74, 6) is 0.974. The molecule has 2 atom stereocenters. The molecule has 1 aliphatic rings. The maximum Gasteiger partial charge on any atom is 0.146 e. The van der Waals surface area contributed by atoms with Gasteiger partial charge in [-0.1, -0.05) is 34.1 Å². The maximum atomic E-state index is 6.28. The van der Waals surface area contributed by atoms with Crippen molar-refractivity contribution in [3.63, 3.8) is 0 Å². The molecule has 0 spiro atoms. The number of hydrogen-bond acceptors (Lipinski definition) is 2. The molecule has 0 aromatic heterocycles. The molecule has 3 heteroatoms. The van der Waals surface area contributed by atoms with Crippen molar-refractivity contribution in [3.05, 3.63) is 57.6 Å². The predicted octanol–water partition coefficient (Wildman–Crippen LogP) is 5.00. The van der Waals surface area contributed by atoms with E-state index in [-0.39, 0.29) is 12.1 Å². The van der Waals surface area contributed by atoms with Crippen LogP contribution in [0.5, 0.6) is 5.75 Å². The van der Waals surface area contributed by atoms with Crippen LogP contribution < -0.4 is 10.1 Å². The summed E-state index contributed by atoms with van der Waals surface area (Å²) in [6, 6.07) is 12.9. The third-order valence-electron chi connectivity index (χ3n) is 3.70. The lowest BCUT2D eigenvalue weighted by atomic mass is 9.99. The van der Waals surface area contributed by atoms with E-state index in [2.05, 4.69) is 78.4 Å². The Hall–Kier alpha value is -1.48. The maximum absolute atomic E-state index is 6.28. The Balaban J connectivity index is 1.98. The van der Waals surface area contributed by atoms with Gasteiger partial charge in [-0.2, -0.15) is 0 Å². The molecule has 0 saturated heterocycles. The Morgan fingerprint density at radius 1 is 1.10 bits per heavy atom. The van der Waals surface area contributed by atoms with E-state index in [1.165, 1.54) is 16.7 Å². The number of ether oxygens (including phenoxy) is 1. The van der Waals surface area contributed by atoms with Crippen molar-refractivity contribution >= 4 is 21.6 Å². The minimum atomic E-state index is 0.0389. The highest BCUT2D eigenvalue weighted by Gasteiger charge is 2.28. The zero-order valence-corrected chi connectivity index (χ0v) is 13.5. The van der Waals surface area contributed by atoms with Gasteiger partial charge in [0.05, 0.1) is 11.7 Å². The van der Waals surface area contributed by atoms with Crippen LogP contribution in [0.4, 0.5) is 5.69 Å². The Morgan fingerprint density at radius 3 is 2.50 bits per heavy atom. The summed E-state index contributed by atoms with van der Waals surface area (Å²) in [5.41, 5.74) is 4.73. The van der Waals surface area contributed by atoms with Gasteiger partial charge in [0, 0.05) is 4.47 Å². The number of benzene rings is 2. The number of aryl methyl sites for hydroxylation is 2. The van der Waals surface area contributed by atoms with Crippen molar-refractivity contribution in [1.29, 1.82) is 0 Å². The van der Waals surface area contributed by atoms with E-state index in [4.69, 9.17) is 4.74 Å². The Labute approximate surface area is 128 Å². The molecular formula is C17H18BrNO. The fraction of sp³-hybridized carbons (Fsp3) is 0.294. The molecule has 0 amide bonds. The zero-order valence-electron chi connectivity index (χ0n) is 11.9. The summed E-state index contributed by atoms with van der Waals surface area (Å²) in [5, 5.41) is 3.57. The van der Waals surface area contributed by atoms with Gasteiger partial charge in [0.15, 0.2) is 0 Å². The SMILES string of the molecule is Cc1cc(C)c2c(c1)NC(C)C(c1ccc(Br)cc1)O2. The van der Waals surface area contributed by atoms with Gasteiger partial charge in [0.2, 0.25) is 0 Å². The van der Waals surface area contributed by atoms with Crippen molar-refractivity contribution < 1.29 is 4.74 Å². The Bertz CT molecular complexity index is 636. The smallest absolute Gasteiger partial charge is 0.146 e. The van der Waals surface area contributed by atoms with Crippen molar-refractivity contribution in [1.82, 2.24) is 0 Å². The van der Waals surface area contributed by atoms with Gasteiger partial charge in [-0.3, -0.25) is 0 Å². The summed E-state index contributed by atoms with van der Waals surface area (Å²) in [6.45, 7) is 6.37. The van der Waals surface area contributed by atoms with Crippen LogP contribution in [-0.4, -0.2) is 6.04 Å². The second kappa shape index (κ2) is 5.13. The van der Waals surface area contributed by atoms with Crippen LogP contribution in [0.2, 0.25) is 0 Å². The molecule has 0 radical (unpaired) electrons. The van der Waals surface area contributed by atoms with Crippen LogP contribution in [0.3, 0.4) is 0 Å². The highest BCUT2D eigenvalue weighted by Crippen LogP contribution is 2.40. The predicted molar refractivity (Wildman–Crippen MR) is 86.5 cm³/mol. The first-order valence-electron chi connectivity index (χ1n) is 6.84. The van der Waals surface area contributed by atoms with E-state index in [9.17, 15) is 0 Å². The van der Waals surface area contributed by atoms with Crippen LogP contribution in [0.1, 0.15) is 29.7 Å². The van der Waals surface area contributed by atoms with Crippen molar-refractivity contribution in [3.8, 4) is 5.75 Å². The Morgan fingerprint density at radius 2 is 1.80 bits per heavy atom. The number of nitrogens with one attached hydrogen (secondary N) is 1. The molecule has 104 valence electrons. The van der Waals surface area contributed by atoms with Crippen molar-refractivity contribution in [2.45, 2.75) is 32.9 Å². The third-order valence-corrected chi connectivity index (χ3v) is 4.23. The van der Waals surface area contributed by atoms with Crippen LogP contribution in [0, 0.1) is 13.8 Å². The summed E-state index contributed by atoms with van der Waals surface area (Å²) >= 11 is 3.47. The van der Waals surface area contributed by atoms with E-state index in [0.29, 0.717) is 0 Å². The highest BCUT2D eigenvalue weighted by molar-refractivity contribution is 9.10. The monoisotopic (exact) mass is 331 g/mol. The topological polar surface area (TPSA) is 21.3 Å². The van der Waals surface area contributed by atoms with Gasteiger partial charge >= 0.3 is 0 Å². The molecule has 2 nitrogen and oxygen atoms in total. The fourth-order valence-corrected chi connectivity index (χ4v) is 3.04. The van der Waals surface area contributed by atoms with Crippen molar-refractivity contribution in [2.75, 3.05) is 5.32 Å². The fourth-order valence-electron chi connectivity index (χ4n) is 2.78. The van der Waals surface area contributed by atoms with Crippen molar-refractivity contribution in [2.24, 2.45) is 0 Å². The third kappa shape index (κ3) is 2.42. The second-order valence-corrected chi connectivity index (χ2v) is 6.40. The molecule has 1 heterocycles. The average Bonchev–Trinajstić information content (AvgIpc) is 2.39. The molecule has 0 bridgehead atoms. The number of hydrogen-bond donors (Lipinski definition) is 1. The van der Waals surface area contributed by atoms with Gasteiger partial charge in [-0.15, -0.1) is 0 Å². The van der Waals surface area contributed by atoms with Gasteiger partial charge < -0.3 is 10.1 Å². The summed E-state index contributed by atoms with van der Waals surface area (Å²) in [7, 11) is 0. The lowest BCUT2D eigenvalue weighted by Gasteiger charge is -2.34. The van der Waals surface area contributed by atoms with Crippen LogP contribution in [-0.2, 0) is 0 Å². The largest absolute Gasteiger partial charge is 0.481 e. The standard InChI is InChI=1S/C17H18BrNO/c1-10-8-11(2)16-15(9-10)19-12(3)17(20-16)13-4-6-14(18)7-5-13/h4-9,12,17,19H,1-3H3. The summed E-state index contributed by atoms with van der Waals surface area (Å²) in [6.07, 6.45) is 0.0389. The first-order valence-corrected chi connectivity index (χ1v) is 7.64.